The first-order valence-electron chi connectivity index (χ1n) is 8.73. The molecule has 0 bridgehead atoms. The van der Waals surface area contributed by atoms with Gasteiger partial charge in [-0.1, -0.05) is 12.1 Å². The van der Waals surface area contributed by atoms with Gasteiger partial charge in [-0.3, -0.25) is 9.88 Å². The van der Waals surface area contributed by atoms with Crippen molar-refractivity contribution in [2.24, 2.45) is 0 Å². The summed E-state index contributed by atoms with van der Waals surface area (Å²) in [4.78, 5) is 17.8. The second kappa shape index (κ2) is 7.58. The van der Waals surface area contributed by atoms with Gasteiger partial charge in [0, 0.05) is 56.9 Å². The smallest absolute Gasteiger partial charge is 0.225 e. The molecule has 3 aromatic rings. The van der Waals surface area contributed by atoms with E-state index >= 15 is 0 Å². The van der Waals surface area contributed by atoms with Crippen molar-refractivity contribution in [3.63, 3.8) is 0 Å². The van der Waals surface area contributed by atoms with Crippen LogP contribution in [0.4, 0.5) is 10.3 Å². The fourth-order valence-corrected chi connectivity index (χ4v) is 3.14. The van der Waals surface area contributed by atoms with Crippen molar-refractivity contribution in [1.82, 2.24) is 19.9 Å². The maximum absolute atomic E-state index is 13.0. The molecule has 0 amide bonds. The van der Waals surface area contributed by atoms with Crippen molar-refractivity contribution in [1.29, 1.82) is 0 Å². The molecule has 1 aliphatic rings. The molecule has 0 atom stereocenters. The lowest BCUT2D eigenvalue weighted by Crippen LogP contribution is -2.46. The largest absolute Gasteiger partial charge is 0.338 e. The first kappa shape index (κ1) is 16.6. The molecule has 1 fully saturated rings. The number of benzene rings is 1. The predicted octanol–water partition coefficient (Wildman–Crippen LogP) is 3.00. The summed E-state index contributed by atoms with van der Waals surface area (Å²) in [6.45, 7) is 4.45. The Labute approximate surface area is 152 Å². The highest BCUT2D eigenvalue weighted by atomic mass is 19.1. The van der Waals surface area contributed by atoms with Gasteiger partial charge in [0.1, 0.15) is 5.82 Å². The summed E-state index contributed by atoms with van der Waals surface area (Å²) in [6, 6.07) is 12.6. The summed E-state index contributed by atoms with van der Waals surface area (Å²) >= 11 is 0. The van der Waals surface area contributed by atoms with Gasteiger partial charge in [0.2, 0.25) is 5.95 Å². The average Bonchev–Trinajstić information content (AvgIpc) is 2.71. The SMILES string of the molecule is Fc1ccc(CN2CCN(c3nccc(-c4ccncc4)n3)CC2)cc1. The minimum Gasteiger partial charge on any atom is -0.338 e. The molecule has 0 unspecified atom stereocenters. The zero-order valence-electron chi connectivity index (χ0n) is 14.4. The van der Waals surface area contributed by atoms with Crippen molar-refractivity contribution in [3.05, 3.63) is 72.4 Å². The number of nitrogens with zero attached hydrogens (tertiary/aromatic N) is 5. The third-order valence-corrected chi connectivity index (χ3v) is 4.59. The summed E-state index contributed by atoms with van der Waals surface area (Å²) in [5.74, 6) is 0.575. The Morgan fingerprint density at radius 3 is 2.31 bits per heavy atom. The maximum atomic E-state index is 13.0. The Kier molecular flexibility index (Phi) is 4.84. The molecular weight excluding hydrogens is 329 g/mol. The predicted molar refractivity (Wildman–Crippen MR) is 99.2 cm³/mol. The number of rotatable bonds is 4. The molecule has 1 saturated heterocycles. The van der Waals surface area contributed by atoms with E-state index in [1.807, 2.05) is 36.5 Å². The Balaban J connectivity index is 1.39. The van der Waals surface area contributed by atoms with Gasteiger partial charge in [0.05, 0.1) is 5.69 Å². The lowest BCUT2D eigenvalue weighted by Gasteiger charge is -2.34. The zero-order chi connectivity index (χ0) is 17.8. The van der Waals surface area contributed by atoms with Gasteiger partial charge >= 0.3 is 0 Å². The Morgan fingerprint density at radius 1 is 0.846 bits per heavy atom. The van der Waals surface area contributed by atoms with Gasteiger partial charge in [-0.2, -0.15) is 0 Å². The maximum Gasteiger partial charge on any atom is 0.225 e. The van der Waals surface area contributed by atoms with E-state index in [0.29, 0.717) is 0 Å². The number of hydrogen-bond donors (Lipinski definition) is 0. The van der Waals surface area contributed by atoms with Crippen molar-refractivity contribution in [2.45, 2.75) is 6.54 Å². The molecule has 4 rings (SSSR count). The highest BCUT2D eigenvalue weighted by Crippen LogP contribution is 2.19. The van der Waals surface area contributed by atoms with E-state index in [1.165, 1.54) is 12.1 Å². The van der Waals surface area contributed by atoms with Crippen molar-refractivity contribution in [2.75, 3.05) is 31.1 Å². The van der Waals surface area contributed by atoms with E-state index in [9.17, 15) is 4.39 Å². The average molecular weight is 349 g/mol. The highest BCUT2D eigenvalue weighted by Gasteiger charge is 2.19. The van der Waals surface area contributed by atoms with Crippen LogP contribution in [0.2, 0.25) is 0 Å². The fourth-order valence-electron chi connectivity index (χ4n) is 3.14. The topological polar surface area (TPSA) is 45.2 Å². The third-order valence-electron chi connectivity index (χ3n) is 4.59. The quantitative estimate of drug-likeness (QED) is 0.725. The molecule has 2 aromatic heterocycles. The van der Waals surface area contributed by atoms with Gasteiger partial charge in [-0.25, -0.2) is 14.4 Å². The normalized spacial score (nSPS) is 15.2. The van der Waals surface area contributed by atoms with Crippen molar-refractivity contribution >= 4 is 5.95 Å². The van der Waals surface area contributed by atoms with Crippen molar-refractivity contribution in [3.8, 4) is 11.3 Å². The second-order valence-electron chi connectivity index (χ2n) is 6.37. The summed E-state index contributed by atoms with van der Waals surface area (Å²) in [6.07, 6.45) is 5.35. The summed E-state index contributed by atoms with van der Waals surface area (Å²) in [5.41, 5.74) is 3.08. The Bertz CT molecular complexity index is 846. The first-order chi connectivity index (χ1) is 12.8. The van der Waals surface area contributed by atoms with Crippen LogP contribution in [-0.4, -0.2) is 46.0 Å². The van der Waals surface area contributed by atoms with Gasteiger partial charge in [0.15, 0.2) is 0 Å². The molecule has 0 N–H and O–H groups in total. The van der Waals surface area contributed by atoms with Crippen LogP contribution in [0, 0.1) is 5.82 Å². The Hall–Kier alpha value is -2.86. The molecule has 5 nitrogen and oxygen atoms in total. The van der Waals surface area contributed by atoms with Crippen LogP contribution >= 0.6 is 0 Å². The summed E-state index contributed by atoms with van der Waals surface area (Å²) in [5, 5.41) is 0. The van der Waals surface area contributed by atoms with Crippen LogP contribution in [0.3, 0.4) is 0 Å². The standard InChI is InChI=1S/C20H20FN5/c21-18-3-1-16(2-4-18)15-25-11-13-26(14-12-25)20-23-10-7-19(24-20)17-5-8-22-9-6-17/h1-10H,11-15H2. The molecule has 26 heavy (non-hydrogen) atoms. The number of halogens is 1. The molecule has 0 radical (unpaired) electrons. The molecule has 0 aliphatic carbocycles. The Morgan fingerprint density at radius 2 is 1.58 bits per heavy atom. The molecule has 6 heteroatoms. The molecule has 132 valence electrons. The van der Waals surface area contributed by atoms with E-state index in [1.54, 1.807) is 12.4 Å². The fraction of sp³-hybridized carbons (Fsp3) is 0.250. The van der Waals surface area contributed by atoms with E-state index in [-0.39, 0.29) is 5.82 Å². The van der Waals surface area contributed by atoms with Crippen LogP contribution in [0.15, 0.2) is 61.1 Å². The minimum absolute atomic E-state index is 0.190. The minimum atomic E-state index is -0.190. The lowest BCUT2D eigenvalue weighted by molar-refractivity contribution is 0.248. The molecular formula is C20H20FN5. The summed E-state index contributed by atoms with van der Waals surface area (Å²) in [7, 11) is 0. The number of hydrogen-bond acceptors (Lipinski definition) is 5. The van der Waals surface area contributed by atoms with Gasteiger partial charge < -0.3 is 4.90 Å². The van der Waals surface area contributed by atoms with E-state index in [0.717, 1.165) is 55.5 Å². The van der Waals surface area contributed by atoms with E-state index < -0.39 is 0 Å². The van der Waals surface area contributed by atoms with E-state index in [4.69, 9.17) is 4.98 Å². The van der Waals surface area contributed by atoms with Crippen LogP contribution < -0.4 is 4.90 Å². The number of aromatic nitrogens is 3. The second-order valence-corrected chi connectivity index (χ2v) is 6.37. The van der Waals surface area contributed by atoms with Gasteiger partial charge in [0.25, 0.3) is 0 Å². The van der Waals surface area contributed by atoms with Crippen LogP contribution in [0.25, 0.3) is 11.3 Å². The lowest BCUT2D eigenvalue weighted by atomic mass is 10.2. The molecule has 1 aliphatic heterocycles. The first-order valence-corrected chi connectivity index (χ1v) is 8.73. The monoisotopic (exact) mass is 349 g/mol. The number of anilines is 1. The van der Waals surface area contributed by atoms with Gasteiger partial charge in [-0.15, -0.1) is 0 Å². The van der Waals surface area contributed by atoms with Crippen LogP contribution in [-0.2, 0) is 6.54 Å². The zero-order valence-corrected chi connectivity index (χ0v) is 14.4. The molecule has 3 heterocycles. The molecule has 1 aromatic carbocycles. The molecule has 0 saturated carbocycles. The van der Waals surface area contributed by atoms with Crippen LogP contribution in [0.5, 0.6) is 0 Å². The van der Waals surface area contributed by atoms with Crippen molar-refractivity contribution < 1.29 is 4.39 Å². The number of pyridine rings is 1. The highest BCUT2D eigenvalue weighted by molar-refractivity contribution is 5.59. The van der Waals surface area contributed by atoms with E-state index in [2.05, 4.69) is 19.8 Å². The third kappa shape index (κ3) is 3.86. The van der Waals surface area contributed by atoms with Crippen LogP contribution in [0.1, 0.15) is 5.56 Å². The summed E-state index contributed by atoms with van der Waals surface area (Å²) < 4.78 is 13.0. The van der Waals surface area contributed by atoms with Gasteiger partial charge in [-0.05, 0) is 35.9 Å². The molecule has 0 spiro atoms. The number of piperazine rings is 1.